The normalized spacial score (nSPS) is 10.8. The molecule has 0 atom stereocenters. The molecule has 0 radical (unpaired) electrons. The third-order valence-corrected chi connectivity index (χ3v) is 7.22. The number of carbonyl (C=O) groups excluding carboxylic acids is 3. The number of thiophene rings is 1. The van der Waals surface area contributed by atoms with E-state index in [0.29, 0.717) is 43.3 Å². The molecule has 2 aromatic carbocycles. The monoisotopic (exact) mass is 556 g/mol. The number of aromatic nitrogens is 1. The quantitative estimate of drug-likeness (QED) is 0.242. The number of esters is 2. The molecule has 0 unspecified atom stereocenters. The van der Waals surface area contributed by atoms with E-state index in [-0.39, 0.29) is 28.7 Å². The number of hydrogen-bond acceptors (Lipinski definition) is 7. The molecule has 0 bridgehead atoms. The molecule has 7 nitrogen and oxygen atoms in total. The number of pyridine rings is 1. The van der Waals surface area contributed by atoms with E-state index in [1.807, 2.05) is 6.07 Å². The van der Waals surface area contributed by atoms with Crippen LogP contribution < -0.4 is 5.32 Å². The maximum atomic E-state index is 13.6. The molecule has 4 rings (SSSR count). The van der Waals surface area contributed by atoms with Gasteiger partial charge in [0.15, 0.2) is 0 Å². The second-order valence-corrected chi connectivity index (χ2v) is 9.72. The topological polar surface area (TPSA) is 94.6 Å². The van der Waals surface area contributed by atoms with E-state index in [0.717, 1.165) is 11.3 Å². The number of carbonyl (C=O) groups is 3. The average Bonchev–Trinajstić information content (AvgIpc) is 3.19. The van der Waals surface area contributed by atoms with Crippen LogP contribution in [-0.4, -0.2) is 36.0 Å². The molecule has 1 N–H and O–H groups in total. The number of hydrogen-bond donors (Lipinski definition) is 1. The molecule has 0 aliphatic carbocycles. The fraction of sp³-hybridized carbons (Fsp3) is 0.185. The number of amides is 1. The lowest BCUT2D eigenvalue weighted by Gasteiger charge is -2.12. The number of nitrogens with one attached hydrogen (secondary N) is 1. The summed E-state index contributed by atoms with van der Waals surface area (Å²) in [5, 5.41) is 4.47. The summed E-state index contributed by atoms with van der Waals surface area (Å²) in [6, 6.07) is 13.8. The largest absolute Gasteiger partial charge is 0.462 e. The van der Waals surface area contributed by atoms with Crippen LogP contribution in [0.2, 0.25) is 10.0 Å². The highest BCUT2D eigenvalue weighted by Crippen LogP contribution is 2.36. The number of fused-ring (bicyclic) bond motifs is 1. The lowest BCUT2D eigenvalue weighted by Crippen LogP contribution is -2.15. The Bertz CT molecular complexity index is 1530. The van der Waals surface area contributed by atoms with E-state index in [1.54, 1.807) is 63.2 Å². The Kier molecular flexibility index (Phi) is 8.12. The molecule has 1 amide bonds. The van der Waals surface area contributed by atoms with Gasteiger partial charge < -0.3 is 14.8 Å². The highest BCUT2D eigenvalue weighted by atomic mass is 35.5. The van der Waals surface area contributed by atoms with Crippen LogP contribution in [0.1, 0.15) is 49.8 Å². The first kappa shape index (κ1) is 26.6. The van der Waals surface area contributed by atoms with Gasteiger partial charge in [0.05, 0.1) is 40.6 Å². The minimum Gasteiger partial charge on any atom is -0.462 e. The fourth-order valence-corrected chi connectivity index (χ4v) is 5.40. The molecule has 10 heteroatoms. The summed E-state index contributed by atoms with van der Waals surface area (Å²) in [5.74, 6) is -1.72. The summed E-state index contributed by atoms with van der Waals surface area (Å²) in [6.07, 6.45) is 0. The van der Waals surface area contributed by atoms with Gasteiger partial charge in [-0.3, -0.25) is 4.79 Å². The molecule has 2 aromatic heterocycles. The molecule has 0 saturated carbocycles. The van der Waals surface area contributed by atoms with Crippen molar-refractivity contribution in [2.45, 2.75) is 20.8 Å². The zero-order valence-corrected chi connectivity index (χ0v) is 22.5. The molecule has 0 aliphatic rings. The first-order chi connectivity index (χ1) is 17.7. The molecule has 4 aromatic rings. The van der Waals surface area contributed by atoms with Crippen molar-refractivity contribution < 1.29 is 23.9 Å². The van der Waals surface area contributed by atoms with Gasteiger partial charge in [0.25, 0.3) is 5.91 Å². The Morgan fingerprint density at radius 3 is 2.38 bits per heavy atom. The lowest BCUT2D eigenvalue weighted by atomic mass is 10.0. The standard InChI is InChI=1S/C27H22Cl2N2O5S/c1-4-35-26(33)22-14(3)23(27(34)36-5-2)37-25(22)31-24(32)18-13-21(17-11-10-15(28)12-19(17)29)30-20-9-7-6-8-16(18)20/h6-13H,4-5H2,1-3H3,(H,31,32). The molecule has 0 fully saturated rings. The number of para-hydroxylation sites is 1. The van der Waals surface area contributed by atoms with Crippen molar-refractivity contribution in [3.8, 4) is 11.3 Å². The van der Waals surface area contributed by atoms with Gasteiger partial charge in [0.2, 0.25) is 0 Å². The maximum Gasteiger partial charge on any atom is 0.348 e. The van der Waals surface area contributed by atoms with E-state index in [1.165, 1.54) is 0 Å². The summed E-state index contributed by atoms with van der Waals surface area (Å²) < 4.78 is 10.3. The molecular weight excluding hydrogens is 535 g/mol. The Morgan fingerprint density at radius 1 is 0.973 bits per heavy atom. The predicted octanol–water partition coefficient (Wildman–Crippen LogP) is 7.18. The number of benzene rings is 2. The minimum absolute atomic E-state index is 0.114. The summed E-state index contributed by atoms with van der Waals surface area (Å²) in [6.45, 7) is 5.29. The van der Waals surface area contributed by atoms with Crippen LogP contribution in [0.25, 0.3) is 22.2 Å². The lowest BCUT2D eigenvalue weighted by molar-refractivity contribution is 0.0527. The van der Waals surface area contributed by atoms with Crippen LogP contribution in [-0.2, 0) is 9.47 Å². The van der Waals surface area contributed by atoms with E-state index < -0.39 is 17.8 Å². The van der Waals surface area contributed by atoms with Gasteiger partial charge in [0, 0.05) is 16.0 Å². The van der Waals surface area contributed by atoms with Crippen molar-refractivity contribution >= 4 is 68.3 Å². The Hall–Kier alpha value is -3.46. The van der Waals surface area contributed by atoms with E-state index >= 15 is 0 Å². The Morgan fingerprint density at radius 2 is 1.68 bits per heavy atom. The number of ether oxygens (including phenoxy) is 2. The maximum absolute atomic E-state index is 13.6. The molecule has 0 spiro atoms. The van der Waals surface area contributed by atoms with Crippen LogP contribution in [0.15, 0.2) is 48.5 Å². The zero-order valence-electron chi connectivity index (χ0n) is 20.2. The predicted molar refractivity (Wildman–Crippen MR) is 146 cm³/mol. The number of halogens is 2. The summed E-state index contributed by atoms with van der Waals surface area (Å²) in [4.78, 5) is 43.8. The Balaban J connectivity index is 1.82. The smallest absolute Gasteiger partial charge is 0.348 e. The zero-order chi connectivity index (χ0) is 26.7. The first-order valence-corrected chi connectivity index (χ1v) is 13.0. The minimum atomic E-state index is -0.643. The van der Waals surface area contributed by atoms with Gasteiger partial charge in [-0.1, -0.05) is 41.4 Å². The van der Waals surface area contributed by atoms with E-state index in [9.17, 15) is 14.4 Å². The van der Waals surface area contributed by atoms with Crippen LogP contribution in [0, 0.1) is 6.92 Å². The third kappa shape index (κ3) is 5.46. The van der Waals surface area contributed by atoms with Gasteiger partial charge in [0.1, 0.15) is 9.88 Å². The number of nitrogens with zero attached hydrogens (tertiary/aromatic N) is 1. The second-order valence-electron chi connectivity index (χ2n) is 7.85. The van der Waals surface area contributed by atoms with Gasteiger partial charge in [-0.15, -0.1) is 11.3 Å². The average molecular weight is 557 g/mol. The molecule has 37 heavy (non-hydrogen) atoms. The number of rotatable bonds is 7. The van der Waals surface area contributed by atoms with E-state index in [4.69, 9.17) is 32.7 Å². The summed E-state index contributed by atoms with van der Waals surface area (Å²) in [5.41, 5.74) is 2.47. The van der Waals surface area contributed by atoms with E-state index in [2.05, 4.69) is 10.3 Å². The fourth-order valence-electron chi connectivity index (χ4n) is 3.81. The molecule has 0 aliphatic heterocycles. The SMILES string of the molecule is CCOC(=O)c1sc(NC(=O)c2cc(-c3ccc(Cl)cc3Cl)nc3ccccc23)c(C(=O)OCC)c1C. The highest BCUT2D eigenvalue weighted by molar-refractivity contribution is 7.18. The van der Waals surface area contributed by atoms with Crippen molar-refractivity contribution in [2.75, 3.05) is 18.5 Å². The second kappa shape index (κ2) is 11.3. The Labute approximate surface area is 227 Å². The van der Waals surface area contributed by atoms with Gasteiger partial charge in [-0.05, 0) is 56.7 Å². The van der Waals surface area contributed by atoms with Crippen molar-refractivity contribution in [3.63, 3.8) is 0 Å². The van der Waals surface area contributed by atoms with Crippen LogP contribution in [0.4, 0.5) is 5.00 Å². The van der Waals surface area contributed by atoms with Crippen LogP contribution >= 0.6 is 34.5 Å². The van der Waals surface area contributed by atoms with Crippen molar-refractivity contribution in [2.24, 2.45) is 0 Å². The molecule has 2 heterocycles. The van der Waals surface area contributed by atoms with Gasteiger partial charge in [-0.25, -0.2) is 14.6 Å². The van der Waals surface area contributed by atoms with Crippen LogP contribution in [0.3, 0.4) is 0 Å². The highest BCUT2D eigenvalue weighted by Gasteiger charge is 2.28. The number of anilines is 1. The first-order valence-electron chi connectivity index (χ1n) is 11.4. The third-order valence-electron chi connectivity index (χ3n) is 5.48. The van der Waals surface area contributed by atoms with Crippen molar-refractivity contribution in [3.05, 3.63) is 80.1 Å². The van der Waals surface area contributed by atoms with Gasteiger partial charge >= 0.3 is 11.9 Å². The van der Waals surface area contributed by atoms with Gasteiger partial charge in [-0.2, -0.15) is 0 Å². The molecule has 190 valence electrons. The van der Waals surface area contributed by atoms with Crippen molar-refractivity contribution in [1.29, 1.82) is 0 Å². The van der Waals surface area contributed by atoms with Crippen LogP contribution in [0.5, 0.6) is 0 Å². The van der Waals surface area contributed by atoms with Crippen molar-refractivity contribution in [1.82, 2.24) is 4.98 Å². The molecule has 0 saturated heterocycles. The summed E-state index contributed by atoms with van der Waals surface area (Å²) >= 11 is 13.4. The molecular formula is C27H22Cl2N2O5S. The summed E-state index contributed by atoms with van der Waals surface area (Å²) in [7, 11) is 0.